The van der Waals surface area contributed by atoms with Crippen LogP contribution in [0, 0.1) is 0 Å². The maximum Gasteiger partial charge on any atom is 0.356 e. The molecule has 2 N–H and O–H groups in total. The summed E-state index contributed by atoms with van der Waals surface area (Å²) in [6.45, 7) is 2.19. The lowest BCUT2D eigenvalue weighted by Crippen LogP contribution is -2.16. The van der Waals surface area contributed by atoms with Crippen molar-refractivity contribution in [2.45, 2.75) is 26.3 Å². The molecule has 2 aromatic rings. The summed E-state index contributed by atoms with van der Waals surface area (Å²) in [5.41, 5.74) is 0.259. The van der Waals surface area contributed by atoms with E-state index in [2.05, 4.69) is 10.4 Å². The van der Waals surface area contributed by atoms with E-state index in [0.717, 1.165) is 11.3 Å². The predicted molar refractivity (Wildman–Crippen MR) is 87.5 cm³/mol. The molecule has 8 nitrogen and oxygen atoms in total. The number of carbonyl (C=O) groups excluding carboxylic acids is 2. The van der Waals surface area contributed by atoms with Gasteiger partial charge in [0.1, 0.15) is 5.00 Å². The van der Waals surface area contributed by atoms with Crippen molar-refractivity contribution < 1.29 is 24.2 Å². The Morgan fingerprint density at radius 1 is 1.42 bits per heavy atom. The predicted octanol–water partition coefficient (Wildman–Crippen LogP) is 2.02. The quantitative estimate of drug-likeness (QED) is 0.738. The highest BCUT2D eigenvalue weighted by Crippen LogP contribution is 2.29. The second-order valence-electron chi connectivity index (χ2n) is 4.87. The van der Waals surface area contributed by atoms with Gasteiger partial charge in [0.05, 0.1) is 12.7 Å². The van der Waals surface area contributed by atoms with E-state index >= 15 is 0 Å². The van der Waals surface area contributed by atoms with E-state index in [9.17, 15) is 14.4 Å². The summed E-state index contributed by atoms with van der Waals surface area (Å²) in [5, 5.41) is 15.8. The van der Waals surface area contributed by atoms with Crippen LogP contribution in [0.15, 0.2) is 18.3 Å². The number of ether oxygens (including phenoxy) is 1. The van der Waals surface area contributed by atoms with Crippen LogP contribution >= 0.6 is 11.3 Å². The molecule has 2 heterocycles. The number of anilines is 1. The topological polar surface area (TPSA) is 111 Å². The van der Waals surface area contributed by atoms with Crippen LogP contribution in [0.2, 0.25) is 0 Å². The summed E-state index contributed by atoms with van der Waals surface area (Å²) in [4.78, 5) is 35.5. The molecule has 0 spiro atoms. The molecule has 0 unspecified atom stereocenters. The Kier molecular flexibility index (Phi) is 5.69. The number of carboxylic acids is 1. The molecule has 24 heavy (non-hydrogen) atoms. The minimum Gasteiger partial charge on any atom is -0.476 e. The number of hydrogen-bond acceptors (Lipinski definition) is 6. The fraction of sp³-hybridized carbons (Fsp3) is 0.333. The molecule has 0 aliphatic heterocycles. The molecule has 0 radical (unpaired) electrons. The van der Waals surface area contributed by atoms with E-state index < -0.39 is 11.9 Å². The lowest BCUT2D eigenvalue weighted by atomic mass is 10.2. The Labute approximate surface area is 142 Å². The Hall–Kier alpha value is -2.68. The Morgan fingerprint density at radius 3 is 2.75 bits per heavy atom. The standard InChI is InChI=1S/C15H17N3O5S/c1-3-9-8-10(15(22)23-2)13(24-9)16-12(19)5-7-18-6-4-11(17-18)14(20)21/h4,6,8H,3,5,7H2,1-2H3,(H,16,19)(H,20,21). The van der Waals surface area contributed by atoms with Gasteiger partial charge >= 0.3 is 11.9 Å². The van der Waals surface area contributed by atoms with Gasteiger partial charge in [-0.15, -0.1) is 11.3 Å². The monoisotopic (exact) mass is 351 g/mol. The number of aryl methyl sites for hydroxylation is 2. The van der Waals surface area contributed by atoms with E-state index in [4.69, 9.17) is 9.84 Å². The van der Waals surface area contributed by atoms with Gasteiger partial charge in [0.15, 0.2) is 5.69 Å². The van der Waals surface area contributed by atoms with Gasteiger partial charge in [-0.2, -0.15) is 5.10 Å². The second-order valence-corrected chi connectivity index (χ2v) is 6.00. The van der Waals surface area contributed by atoms with Gasteiger partial charge in [0.25, 0.3) is 0 Å². The van der Waals surface area contributed by atoms with Crippen LogP contribution in [-0.2, 0) is 22.5 Å². The largest absolute Gasteiger partial charge is 0.476 e. The number of thiophene rings is 1. The molecule has 0 atom stereocenters. The molecule has 0 fully saturated rings. The van der Waals surface area contributed by atoms with Crippen molar-refractivity contribution in [3.05, 3.63) is 34.5 Å². The van der Waals surface area contributed by atoms with Crippen LogP contribution in [0.3, 0.4) is 0 Å². The van der Waals surface area contributed by atoms with E-state index in [1.54, 1.807) is 6.07 Å². The third-order valence-corrected chi connectivity index (χ3v) is 4.41. The summed E-state index contributed by atoms with van der Waals surface area (Å²) < 4.78 is 6.10. The number of rotatable bonds is 7. The van der Waals surface area contributed by atoms with Crippen molar-refractivity contribution in [2.24, 2.45) is 0 Å². The average Bonchev–Trinajstić information content (AvgIpc) is 3.19. The van der Waals surface area contributed by atoms with Gasteiger partial charge in [-0.05, 0) is 18.6 Å². The van der Waals surface area contributed by atoms with Crippen LogP contribution < -0.4 is 5.32 Å². The van der Waals surface area contributed by atoms with Gasteiger partial charge in [0, 0.05) is 24.0 Å². The van der Waals surface area contributed by atoms with Crippen LogP contribution in [-0.4, -0.2) is 39.8 Å². The Morgan fingerprint density at radius 2 is 2.17 bits per heavy atom. The molecule has 0 aromatic carbocycles. The number of esters is 1. The van der Waals surface area contributed by atoms with Gasteiger partial charge < -0.3 is 15.2 Å². The minimum absolute atomic E-state index is 0.0748. The fourth-order valence-electron chi connectivity index (χ4n) is 1.98. The first-order valence-corrected chi connectivity index (χ1v) is 8.03. The van der Waals surface area contributed by atoms with Gasteiger partial charge in [-0.1, -0.05) is 6.92 Å². The maximum atomic E-state index is 12.1. The van der Waals surface area contributed by atoms with Crippen molar-refractivity contribution in [1.82, 2.24) is 9.78 Å². The minimum atomic E-state index is -1.12. The number of aromatic carboxylic acids is 1. The first-order valence-electron chi connectivity index (χ1n) is 7.22. The fourth-order valence-corrected chi connectivity index (χ4v) is 2.98. The number of aromatic nitrogens is 2. The zero-order valence-corrected chi connectivity index (χ0v) is 14.1. The van der Waals surface area contributed by atoms with E-state index in [1.165, 1.54) is 35.4 Å². The normalized spacial score (nSPS) is 10.4. The number of carbonyl (C=O) groups is 3. The SMILES string of the molecule is CCc1cc(C(=O)OC)c(NC(=O)CCn2ccc(C(=O)O)n2)s1. The number of methoxy groups -OCH3 is 1. The lowest BCUT2D eigenvalue weighted by Gasteiger charge is -2.05. The molecule has 2 aromatic heterocycles. The first-order chi connectivity index (χ1) is 11.4. The molecular weight excluding hydrogens is 334 g/mol. The molecule has 0 aliphatic carbocycles. The van der Waals surface area contributed by atoms with Gasteiger partial charge in [-0.3, -0.25) is 9.48 Å². The van der Waals surface area contributed by atoms with E-state index in [0.29, 0.717) is 10.6 Å². The molecule has 2 rings (SSSR count). The molecule has 0 saturated heterocycles. The van der Waals surface area contributed by atoms with Crippen LogP contribution in [0.25, 0.3) is 0 Å². The number of carboxylic acid groups (broad SMARTS) is 1. The highest BCUT2D eigenvalue weighted by molar-refractivity contribution is 7.16. The third kappa shape index (κ3) is 4.19. The molecule has 0 bridgehead atoms. The molecule has 0 aliphatic rings. The highest BCUT2D eigenvalue weighted by Gasteiger charge is 2.18. The highest BCUT2D eigenvalue weighted by atomic mass is 32.1. The summed E-state index contributed by atoms with van der Waals surface area (Å²) in [6, 6.07) is 3.07. The number of amides is 1. The van der Waals surface area contributed by atoms with Gasteiger partial charge in [0.2, 0.25) is 5.91 Å². The molecule has 128 valence electrons. The lowest BCUT2D eigenvalue weighted by molar-refractivity contribution is -0.116. The third-order valence-electron chi connectivity index (χ3n) is 3.22. The van der Waals surface area contributed by atoms with E-state index in [1.807, 2.05) is 6.92 Å². The smallest absolute Gasteiger partial charge is 0.356 e. The van der Waals surface area contributed by atoms with Crippen molar-refractivity contribution in [2.75, 3.05) is 12.4 Å². The van der Waals surface area contributed by atoms with Crippen LogP contribution in [0.5, 0.6) is 0 Å². The Bertz CT molecular complexity index is 765. The number of nitrogens with one attached hydrogen (secondary N) is 1. The Balaban J connectivity index is 2.00. The number of hydrogen-bond donors (Lipinski definition) is 2. The van der Waals surface area contributed by atoms with Crippen molar-refractivity contribution in [1.29, 1.82) is 0 Å². The molecule has 9 heteroatoms. The summed E-state index contributed by atoms with van der Waals surface area (Å²) in [7, 11) is 1.29. The molecular formula is C15H17N3O5S. The maximum absolute atomic E-state index is 12.1. The summed E-state index contributed by atoms with van der Waals surface area (Å²) in [5.74, 6) is -1.91. The number of nitrogens with zero attached hydrogens (tertiary/aromatic N) is 2. The summed E-state index contributed by atoms with van der Waals surface area (Å²) >= 11 is 1.33. The zero-order chi connectivity index (χ0) is 17.7. The average molecular weight is 351 g/mol. The molecule has 0 saturated carbocycles. The van der Waals surface area contributed by atoms with Crippen molar-refractivity contribution in [3.8, 4) is 0 Å². The van der Waals surface area contributed by atoms with Crippen LogP contribution in [0.1, 0.15) is 39.1 Å². The zero-order valence-electron chi connectivity index (χ0n) is 13.2. The van der Waals surface area contributed by atoms with E-state index in [-0.39, 0.29) is 24.6 Å². The first kappa shape index (κ1) is 17.7. The summed E-state index contributed by atoms with van der Waals surface area (Å²) in [6.07, 6.45) is 2.34. The van der Waals surface area contributed by atoms with Crippen molar-refractivity contribution >= 4 is 34.2 Å². The molecule has 1 amide bonds. The second kappa shape index (κ2) is 7.73. The van der Waals surface area contributed by atoms with Crippen LogP contribution in [0.4, 0.5) is 5.00 Å². The van der Waals surface area contributed by atoms with Crippen molar-refractivity contribution in [3.63, 3.8) is 0 Å². The van der Waals surface area contributed by atoms with Gasteiger partial charge in [-0.25, -0.2) is 9.59 Å².